The Morgan fingerprint density at radius 3 is 2.77 bits per heavy atom. The minimum absolute atomic E-state index is 0.0221. The van der Waals surface area contributed by atoms with E-state index in [1.54, 1.807) is 35.9 Å². The highest BCUT2D eigenvalue weighted by molar-refractivity contribution is 7.98. The fourth-order valence-corrected chi connectivity index (χ4v) is 4.50. The molecule has 2 aromatic carbocycles. The molecule has 0 aliphatic carbocycles. The number of phenols is 1. The highest BCUT2D eigenvalue weighted by atomic mass is 32.2. The molecule has 0 aliphatic rings. The van der Waals surface area contributed by atoms with E-state index < -0.39 is 5.63 Å². The predicted molar refractivity (Wildman–Crippen MR) is 116 cm³/mol. The van der Waals surface area contributed by atoms with E-state index in [0.717, 1.165) is 10.9 Å². The molecule has 8 heteroatoms. The Bertz CT molecular complexity index is 1350. The zero-order valence-corrected chi connectivity index (χ0v) is 17.3. The molecule has 2 heterocycles. The van der Waals surface area contributed by atoms with E-state index in [1.165, 1.54) is 23.9 Å². The molecule has 4 rings (SSSR count). The molecule has 1 unspecified atom stereocenters. The molecule has 0 radical (unpaired) electrons. The van der Waals surface area contributed by atoms with Crippen LogP contribution in [0, 0.1) is 0 Å². The van der Waals surface area contributed by atoms with Gasteiger partial charge < -0.3 is 14.3 Å². The highest BCUT2D eigenvalue weighted by Gasteiger charge is 2.17. The number of fused-ring (bicyclic) bond motifs is 2. The van der Waals surface area contributed by atoms with Crippen molar-refractivity contribution in [2.75, 3.05) is 13.7 Å². The molecule has 2 aromatic heterocycles. The Kier molecular flexibility index (Phi) is 5.61. The van der Waals surface area contributed by atoms with Gasteiger partial charge in [0, 0.05) is 30.4 Å². The van der Waals surface area contributed by atoms with Crippen LogP contribution in [0.2, 0.25) is 0 Å². The van der Waals surface area contributed by atoms with Gasteiger partial charge in [-0.15, -0.1) is 0 Å². The Labute approximate surface area is 175 Å². The molecule has 0 amide bonds. The van der Waals surface area contributed by atoms with Crippen molar-refractivity contribution in [2.24, 2.45) is 0 Å². The molecule has 154 valence electrons. The summed E-state index contributed by atoms with van der Waals surface area (Å²) >= 11 is 1.36. The maximum absolute atomic E-state index is 13.1. The first kappa shape index (κ1) is 20.2. The van der Waals surface area contributed by atoms with E-state index in [0.29, 0.717) is 34.0 Å². The van der Waals surface area contributed by atoms with Crippen molar-refractivity contribution in [2.45, 2.75) is 23.9 Å². The summed E-state index contributed by atoms with van der Waals surface area (Å²) in [6.45, 7) is 2.27. The summed E-state index contributed by atoms with van der Waals surface area (Å²) in [5.74, 6) is 0.422. The number of rotatable bonds is 6. The lowest BCUT2D eigenvalue weighted by atomic mass is 10.1. The van der Waals surface area contributed by atoms with Crippen molar-refractivity contribution in [3.05, 3.63) is 74.9 Å². The lowest BCUT2D eigenvalue weighted by molar-refractivity contribution is 0.156. The minimum atomic E-state index is -0.500. The second-order valence-corrected chi connectivity index (χ2v) is 7.89. The van der Waals surface area contributed by atoms with Crippen LogP contribution in [0.1, 0.15) is 18.5 Å². The van der Waals surface area contributed by atoms with Gasteiger partial charge in [-0.1, -0.05) is 23.9 Å². The third-order valence-electron chi connectivity index (χ3n) is 4.79. The van der Waals surface area contributed by atoms with E-state index in [2.05, 4.69) is 0 Å². The number of para-hydroxylation sites is 1. The van der Waals surface area contributed by atoms with Gasteiger partial charge in [-0.05, 0) is 36.8 Å². The normalized spacial score (nSPS) is 12.5. The van der Waals surface area contributed by atoms with Crippen LogP contribution >= 0.6 is 11.8 Å². The van der Waals surface area contributed by atoms with Gasteiger partial charge in [0.1, 0.15) is 11.3 Å². The Morgan fingerprint density at radius 2 is 1.97 bits per heavy atom. The van der Waals surface area contributed by atoms with Gasteiger partial charge in [-0.2, -0.15) is 0 Å². The van der Waals surface area contributed by atoms with Crippen LogP contribution in [0.3, 0.4) is 0 Å². The van der Waals surface area contributed by atoms with Crippen molar-refractivity contribution in [3.8, 4) is 5.75 Å². The van der Waals surface area contributed by atoms with Crippen LogP contribution in [0.15, 0.2) is 67.7 Å². The summed E-state index contributed by atoms with van der Waals surface area (Å²) < 4.78 is 12.1. The first-order valence-corrected chi connectivity index (χ1v) is 10.3. The fourth-order valence-electron chi connectivity index (χ4n) is 3.41. The number of methoxy groups -OCH3 is 1. The van der Waals surface area contributed by atoms with Crippen molar-refractivity contribution in [1.29, 1.82) is 0 Å². The van der Waals surface area contributed by atoms with E-state index >= 15 is 0 Å². The van der Waals surface area contributed by atoms with E-state index in [1.807, 2.05) is 19.1 Å². The van der Waals surface area contributed by atoms with Crippen LogP contribution in [0.5, 0.6) is 5.75 Å². The number of thioether (sulfide) groups is 1. The van der Waals surface area contributed by atoms with Crippen LogP contribution in [0.25, 0.3) is 21.9 Å². The molecule has 1 N–H and O–H groups in total. The summed E-state index contributed by atoms with van der Waals surface area (Å²) in [6.07, 6.45) is 0. The van der Waals surface area contributed by atoms with Crippen LogP contribution in [-0.4, -0.2) is 28.4 Å². The monoisotopic (exact) mass is 424 g/mol. The second-order valence-electron chi connectivity index (χ2n) is 6.95. The van der Waals surface area contributed by atoms with Crippen LogP contribution in [-0.2, 0) is 10.5 Å². The van der Waals surface area contributed by atoms with Crippen molar-refractivity contribution in [1.82, 2.24) is 9.55 Å². The second kappa shape index (κ2) is 8.33. The van der Waals surface area contributed by atoms with Gasteiger partial charge in [0.2, 0.25) is 0 Å². The van der Waals surface area contributed by atoms with Crippen LogP contribution < -0.4 is 11.2 Å². The summed E-state index contributed by atoms with van der Waals surface area (Å²) in [5, 5.41) is 11.5. The third-order valence-corrected chi connectivity index (χ3v) is 5.80. The van der Waals surface area contributed by atoms with Gasteiger partial charge in [0.05, 0.1) is 23.6 Å². The van der Waals surface area contributed by atoms with Crippen LogP contribution in [0.4, 0.5) is 0 Å². The zero-order valence-electron chi connectivity index (χ0n) is 16.5. The molecule has 0 fully saturated rings. The quantitative estimate of drug-likeness (QED) is 0.286. The molecule has 30 heavy (non-hydrogen) atoms. The number of aromatic hydroxyl groups is 1. The largest absolute Gasteiger partial charge is 0.508 e. The number of nitrogens with zero attached hydrogens (tertiary/aromatic N) is 2. The standard InChI is InChI=1S/C22H20N2O5S/c1-13(11-28-2)24-21(27)17-5-3-4-6-18(17)23-22(24)30-12-14-9-20(26)29-19-10-15(25)7-8-16(14)19/h3-10,13,25H,11-12H2,1-2H3. The SMILES string of the molecule is COCC(C)n1c(SCc2cc(=O)oc3cc(O)ccc23)nc2ccccc2c1=O. The van der Waals surface area contributed by atoms with E-state index in [9.17, 15) is 14.7 Å². The summed E-state index contributed by atoms with van der Waals surface area (Å²) in [4.78, 5) is 29.8. The molecular formula is C22H20N2O5S. The molecule has 4 aromatic rings. The van der Waals surface area contributed by atoms with Gasteiger partial charge in [-0.25, -0.2) is 9.78 Å². The zero-order chi connectivity index (χ0) is 21.3. The summed E-state index contributed by atoms with van der Waals surface area (Å²) in [5.41, 5.74) is 1.04. The minimum Gasteiger partial charge on any atom is -0.508 e. The smallest absolute Gasteiger partial charge is 0.336 e. The first-order valence-electron chi connectivity index (χ1n) is 9.36. The van der Waals surface area contributed by atoms with Crippen molar-refractivity contribution >= 4 is 33.6 Å². The van der Waals surface area contributed by atoms with E-state index in [-0.39, 0.29) is 17.4 Å². The van der Waals surface area contributed by atoms with Crippen molar-refractivity contribution < 1.29 is 14.3 Å². The number of hydrogen-bond acceptors (Lipinski definition) is 7. The Hall–Kier alpha value is -3.10. The maximum atomic E-state index is 13.1. The number of ether oxygens (including phenoxy) is 1. The molecule has 0 saturated carbocycles. The predicted octanol–water partition coefficient (Wildman–Crippen LogP) is 3.71. The van der Waals surface area contributed by atoms with Gasteiger partial charge in [0.25, 0.3) is 5.56 Å². The average molecular weight is 424 g/mol. The van der Waals surface area contributed by atoms with Gasteiger partial charge in [0.15, 0.2) is 5.16 Å². The number of benzene rings is 2. The number of phenolic OH excluding ortho intramolecular Hbond substituents is 1. The average Bonchev–Trinajstić information content (AvgIpc) is 2.71. The first-order chi connectivity index (χ1) is 14.5. The third kappa shape index (κ3) is 3.83. The molecule has 7 nitrogen and oxygen atoms in total. The maximum Gasteiger partial charge on any atom is 0.336 e. The topological polar surface area (TPSA) is 94.6 Å². The summed E-state index contributed by atoms with van der Waals surface area (Å²) in [6, 6.07) is 13.1. The van der Waals surface area contributed by atoms with Gasteiger partial charge >= 0.3 is 5.63 Å². The molecule has 0 saturated heterocycles. The molecule has 0 bridgehead atoms. The fraction of sp³-hybridized carbons (Fsp3) is 0.227. The number of hydrogen-bond donors (Lipinski definition) is 1. The molecule has 0 aliphatic heterocycles. The highest BCUT2D eigenvalue weighted by Crippen LogP contribution is 2.28. The lowest BCUT2D eigenvalue weighted by Gasteiger charge is -2.19. The summed E-state index contributed by atoms with van der Waals surface area (Å²) in [7, 11) is 1.59. The number of aromatic nitrogens is 2. The van der Waals surface area contributed by atoms with Gasteiger partial charge in [-0.3, -0.25) is 9.36 Å². The molecule has 0 spiro atoms. The van der Waals surface area contributed by atoms with E-state index in [4.69, 9.17) is 14.1 Å². The molecule has 1 atom stereocenters. The Morgan fingerprint density at radius 1 is 1.17 bits per heavy atom. The lowest BCUT2D eigenvalue weighted by Crippen LogP contribution is -2.28. The van der Waals surface area contributed by atoms with Crippen molar-refractivity contribution in [3.63, 3.8) is 0 Å². The molecular weight excluding hydrogens is 404 g/mol. The Balaban J connectivity index is 1.79.